The Bertz CT molecular complexity index is 2540. The maximum Gasteiger partial charge on any atom is 0.330 e. The van der Waals surface area contributed by atoms with Gasteiger partial charge in [0.15, 0.2) is 0 Å². The van der Waals surface area contributed by atoms with E-state index in [0.717, 1.165) is 73.6 Å². The Kier molecular flexibility index (Phi) is 24.2. The lowest BCUT2D eigenvalue weighted by Crippen LogP contribution is -2.46. The van der Waals surface area contributed by atoms with Crippen LogP contribution < -0.4 is 19.7 Å². The molecule has 2 heterocycles. The van der Waals surface area contributed by atoms with Crippen molar-refractivity contribution >= 4 is 37.3 Å². The average Bonchev–Trinajstić information content (AvgIpc) is 3.37. The second-order valence-corrected chi connectivity index (χ2v) is 24.4. The fraction of sp³-hybridized carbons (Fsp3) is 0.500. The van der Waals surface area contributed by atoms with Gasteiger partial charge in [-0.15, -0.1) is 0 Å². The first kappa shape index (κ1) is 60.5. The first-order valence-corrected chi connectivity index (χ1v) is 29.5. The number of rotatable bonds is 24. The minimum Gasteiger partial charge on any atom is -0.465 e. The van der Waals surface area contributed by atoms with Gasteiger partial charge in [0.05, 0.1) is 41.9 Å². The maximum absolute atomic E-state index is 15.1. The Labute approximate surface area is 436 Å². The highest BCUT2D eigenvalue weighted by Crippen LogP contribution is 2.61. The number of fused-ring (bicyclic) bond motifs is 6. The van der Waals surface area contributed by atoms with Crippen LogP contribution >= 0.6 is 14.7 Å². The number of para-hydroxylation sites is 2. The molecule has 0 amide bonds. The summed E-state index contributed by atoms with van der Waals surface area (Å²) in [4.78, 5) is 29.8. The molecule has 0 saturated carbocycles. The molecule has 2 aliphatic rings. The van der Waals surface area contributed by atoms with Gasteiger partial charge >= 0.3 is 11.9 Å². The Balaban J connectivity index is 0.000000288. The first-order valence-electron chi connectivity index (χ1n) is 26.1. The van der Waals surface area contributed by atoms with Gasteiger partial charge in [-0.2, -0.15) is 15.4 Å². The summed E-state index contributed by atoms with van der Waals surface area (Å²) in [6, 6.07) is 32.9. The van der Waals surface area contributed by atoms with Gasteiger partial charge in [0, 0.05) is 30.3 Å². The summed E-state index contributed by atoms with van der Waals surface area (Å²) < 4.78 is 52.0. The van der Waals surface area contributed by atoms with Crippen LogP contribution in [0.1, 0.15) is 121 Å². The summed E-state index contributed by atoms with van der Waals surface area (Å²) in [6.07, 6.45) is 8.32. The number of hydroxylamine groups is 4. The van der Waals surface area contributed by atoms with Crippen LogP contribution in [0.15, 0.2) is 110 Å². The number of ether oxygens (including phenoxy) is 2. The maximum atomic E-state index is 15.1. The van der Waals surface area contributed by atoms with Gasteiger partial charge in [0.2, 0.25) is 0 Å². The van der Waals surface area contributed by atoms with Crippen molar-refractivity contribution in [1.82, 2.24) is 10.1 Å². The van der Waals surface area contributed by atoms with E-state index in [0.29, 0.717) is 48.4 Å². The molecular formula is C58H81N3O10P2. The molecule has 13 nitrogen and oxygen atoms in total. The van der Waals surface area contributed by atoms with Gasteiger partial charge in [0.1, 0.15) is 29.0 Å². The van der Waals surface area contributed by atoms with E-state index in [-0.39, 0.29) is 24.4 Å². The van der Waals surface area contributed by atoms with Crippen molar-refractivity contribution in [2.75, 3.05) is 32.9 Å². The lowest BCUT2D eigenvalue weighted by molar-refractivity contribution is -0.200. The van der Waals surface area contributed by atoms with Gasteiger partial charge in [-0.05, 0) is 86.8 Å². The topological polar surface area (TPSA) is 165 Å². The van der Waals surface area contributed by atoms with E-state index in [1.54, 1.807) is 18.9 Å². The predicted molar refractivity (Wildman–Crippen MR) is 293 cm³/mol. The van der Waals surface area contributed by atoms with E-state index in [9.17, 15) is 24.6 Å². The SMILES string of the molecule is C=CC(=O)OCCCC.CCCCN(O)C(C(C)C)P1(=O)Oc2ccccc2-c2ccccc21.CCCCOC(=O)C(CON(CCCC)C(C(C)C)P1(=O)Oc2ccccc2-c2ccccc21)C(C)(C)C#N. The highest BCUT2D eigenvalue weighted by atomic mass is 31.2. The molecule has 0 aliphatic carbocycles. The summed E-state index contributed by atoms with van der Waals surface area (Å²) in [7, 11) is -6.85. The van der Waals surface area contributed by atoms with Crippen molar-refractivity contribution in [2.24, 2.45) is 23.2 Å². The van der Waals surface area contributed by atoms with E-state index in [1.807, 2.05) is 139 Å². The quantitative estimate of drug-likeness (QED) is 0.0232. The fourth-order valence-corrected chi connectivity index (χ4v) is 14.8. The van der Waals surface area contributed by atoms with Crippen LogP contribution in [-0.4, -0.2) is 71.7 Å². The zero-order chi connectivity index (χ0) is 53.8. The molecule has 4 aromatic rings. The minimum atomic E-state index is -3.53. The molecule has 2 aliphatic heterocycles. The Morgan fingerprint density at radius 1 is 0.671 bits per heavy atom. The van der Waals surface area contributed by atoms with Crippen molar-refractivity contribution in [3.8, 4) is 39.8 Å². The summed E-state index contributed by atoms with van der Waals surface area (Å²) in [6.45, 7) is 24.6. The van der Waals surface area contributed by atoms with Gasteiger partial charge in [-0.1, -0.05) is 160 Å². The van der Waals surface area contributed by atoms with Gasteiger partial charge < -0.3 is 23.7 Å². The molecule has 398 valence electrons. The molecule has 0 aromatic heterocycles. The Hall–Kier alpha value is -5.05. The third kappa shape index (κ3) is 15.5. The molecule has 1 N–H and O–H groups in total. The standard InChI is InChI=1S/C31H43N2O5P.C20H26NO3P.C7H12O2/c1-7-9-19-33(37-21-26(31(5,6)22-32)30(34)36-20-10-8-2)29(23(3)4)39(35)28-18-14-12-16-25(28)24-15-11-13-17-27(24)38-39;1-4-5-14-21(22)20(15(2)3)25(23)19-13-9-7-11-17(19)16-10-6-8-12-18(16)24-25;1-3-5-6-9-7(8)4-2/h11-18,23,26,29H,7-10,19-21H2,1-6H3;6-13,15,20,22H,4-5,14H2,1-3H3;4H,2-3,5-6H2,1H3. The van der Waals surface area contributed by atoms with Crippen LogP contribution in [0.3, 0.4) is 0 Å². The molecule has 5 unspecified atom stereocenters. The summed E-state index contributed by atoms with van der Waals surface area (Å²) >= 11 is 0. The average molecular weight is 1040 g/mol. The Morgan fingerprint density at radius 2 is 1.10 bits per heavy atom. The lowest BCUT2D eigenvalue weighted by atomic mass is 9.80. The lowest BCUT2D eigenvalue weighted by Gasteiger charge is -2.41. The van der Waals surface area contributed by atoms with Crippen LogP contribution in [0.4, 0.5) is 0 Å². The van der Waals surface area contributed by atoms with Crippen molar-refractivity contribution in [2.45, 2.75) is 132 Å². The first-order chi connectivity index (χ1) is 34.9. The number of benzene rings is 4. The largest absolute Gasteiger partial charge is 0.465 e. The number of carbonyl (C=O) groups excluding carboxylic acids is 2. The van der Waals surface area contributed by atoms with Crippen LogP contribution in [0, 0.1) is 34.5 Å². The number of carbonyl (C=O) groups is 2. The zero-order valence-corrected chi connectivity index (χ0v) is 46.7. The Morgan fingerprint density at radius 3 is 1.55 bits per heavy atom. The number of nitrogens with zero attached hydrogens (tertiary/aromatic N) is 3. The third-order valence-corrected chi connectivity index (χ3v) is 18.9. The minimum absolute atomic E-state index is 0.0222. The molecule has 0 bridgehead atoms. The number of nitriles is 1. The van der Waals surface area contributed by atoms with Gasteiger partial charge in [-0.3, -0.25) is 18.8 Å². The third-order valence-electron chi connectivity index (χ3n) is 12.8. The van der Waals surface area contributed by atoms with E-state index in [1.165, 1.54) is 11.1 Å². The molecule has 6 rings (SSSR count). The summed E-state index contributed by atoms with van der Waals surface area (Å²) in [5.41, 5.74) is 2.68. The van der Waals surface area contributed by atoms with Gasteiger partial charge in [0.25, 0.3) is 14.7 Å². The zero-order valence-electron chi connectivity index (χ0n) is 45.0. The van der Waals surface area contributed by atoms with E-state index >= 15 is 4.57 Å². The van der Waals surface area contributed by atoms with Crippen LogP contribution in [0.2, 0.25) is 0 Å². The second kappa shape index (κ2) is 29.1. The van der Waals surface area contributed by atoms with Crippen LogP contribution in [-0.2, 0) is 33.0 Å². The normalized spacial score (nSPS) is 17.6. The molecule has 5 atom stereocenters. The van der Waals surface area contributed by atoms with Crippen molar-refractivity contribution < 1.29 is 47.3 Å². The van der Waals surface area contributed by atoms with Crippen molar-refractivity contribution in [3.63, 3.8) is 0 Å². The number of hydrogen-bond donors (Lipinski definition) is 1. The monoisotopic (exact) mass is 1040 g/mol. The van der Waals surface area contributed by atoms with Crippen LogP contribution in [0.25, 0.3) is 22.3 Å². The van der Waals surface area contributed by atoms with E-state index < -0.39 is 43.6 Å². The highest BCUT2D eigenvalue weighted by molar-refractivity contribution is 7.68. The summed E-state index contributed by atoms with van der Waals surface area (Å²) in [5, 5.41) is 24.9. The van der Waals surface area contributed by atoms with Crippen molar-refractivity contribution in [1.29, 1.82) is 5.26 Å². The molecule has 0 radical (unpaired) electrons. The highest BCUT2D eigenvalue weighted by Gasteiger charge is 2.49. The molecular weight excluding hydrogens is 961 g/mol. The number of unbranched alkanes of at least 4 members (excludes halogenated alkanes) is 4. The van der Waals surface area contributed by atoms with Gasteiger partial charge in [-0.25, -0.2) is 4.79 Å². The number of esters is 2. The number of hydrogen-bond acceptors (Lipinski definition) is 13. The van der Waals surface area contributed by atoms with Crippen LogP contribution in [0.5, 0.6) is 11.5 Å². The fourth-order valence-electron chi connectivity index (χ4n) is 8.73. The molecule has 4 aromatic carbocycles. The van der Waals surface area contributed by atoms with Crippen molar-refractivity contribution in [3.05, 3.63) is 110 Å². The molecule has 15 heteroatoms. The molecule has 0 saturated heterocycles. The molecule has 0 fully saturated rings. The smallest absolute Gasteiger partial charge is 0.330 e. The predicted octanol–water partition coefficient (Wildman–Crippen LogP) is 13.8. The van der Waals surface area contributed by atoms with E-state index in [4.69, 9.17) is 18.6 Å². The second-order valence-electron chi connectivity index (χ2n) is 19.7. The molecule has 73 heavy (non-hydrogen) atoms. The molecule has 0 spiro atoms. The van der Waals surface area contributed by atoms with E-state index in [2.05, 4.69) is 31.2 Å². The summed E-state index contributed by atoms with van der Waals surface area (Å²) in [5.74, 6) is -1.69.